The second kappa shape index (κ2) is 5.41. The third-order valence-electron chi connectivity index (χ3n) is 3.16. The van der Waals surface area contributed by atoms with Crippen LogP contribution in [-0.2, 0) is 6.54 Å². The van der Waals surface area contributed by atoms with Gasteiger partial charge in [0, 0.05) is 13.0 Å². The number of nitrogens with zero attached hydrogens (tertiary/aromatic N) is 3. The lowest BCUT2D eigenvalue weighted by atomic mass is 9.99. The molecule has 2 N–H and O–H groups in total. The van der Waals surface area contributed by atoms with E-state index in [2.05, 4.69) is 15.1 Å². The summed E-state index contributed by atoms with van der Waals surface area (Å²) in [5.74, 6) is 1.36. The monoisotopic (exact) mass is 224 g/mol. The van der Waals surface area contributed by atoms with Crippen molar-refractivity contribution in [2.24, 2.45) is 5.73 Å². The van der Waals surface area contributed by atoms with Crippen LogP contribution in [0.1, 0.15) is 37.5 Å². The van der Waals surface area contributed by atoms with Crippen LogP contribution >= 0.6 is 0 Å². The van der Waals surface area contributed by atoms with Crippen LogP contribution < -0.4 is 5.73 Å². The quantitative estimate of drug-likeness (QED) is 0.829. The number of aryl methyl sites for hydroxylation is 1. The van der Waals surface area contributed by atoms with Gasteiger partial charge in [0.1, 0.15) is 0 Å². The maximum Gasteiger partial charge on any atom is 0.230 e. The Morgan fingerprint density at radius 1 is 1.44 bits per heavy atom. The molecule has 0 spiro atoms. The van der Waals surface area contributed by atoms with Crippen LogP contribution in [0, 0.1) is 6.92 Å². The standard InChI is InChI=1S/C11H20N4O/c1-9-13-14-11(16-9)8-15-7-3-2-4-10(15)5-6-12/h10H,2-8,12H2,1H3. The van der Waals surface area contributed by atoms with Crippen molar-refractivity contribution in [3.05, 3.63) is 11.8 Å². The molecule has 1 aliphatic heterocycles. The number of nitrogens with two attached hydrogens (primary N) is 1. The molecule has 1 aliphatic rings. The van der Waals surface area contributed by atoms with Crippen LogP contribution in [-0.4, -0.2) is 34.2 Å². The minimum Gasteiger partial charge on any atom is -0.424 e. The van der Waals surface area contributed by atoms with Crippen LogP contribution in [0.2, 0.25) is 0 Å². The Kier molecular flexibility index (Phi) is 3.90. The highest BCUT2D eigenvalue weighted by atomic mass is 16.4. The second-order valence-corrected chi connectivity index (χ2v) is 4.41. The molecular formula is C11H20N4O. The van der Waals surface area contributed by atoms with Crippen molar-refractivity contribution in [1.29, 1.82) is 0 Å². The van der Waals surface area contributed by atoms with E-state index in [1.165, 1.54) is 19.3 Å². The van der Waals surface area contributed by atoms with Gasteiger partial charge in [-0.2, -0.15) is 0 Å². The highest BCUT2D eigenvalue weighted by molar-refractivity contribution is 4.84. The van der Waals surface area contributed by atoms with Gasteiger partial charge >= 0.3 is 0 Å². The number of hydrogen-bond donors (Lipinski definition) is 1. The molecule has 1 fully saturated rings. The normalized spacial score (nSPS) is 22.5. The van der Waals surface area contributed by atoms with Gasteiger partial charge < -0.3 is 10.2 Å². The zero-order valence-corrected chi connectivity index (χ0v) is 9.85. The van der Waals surface area contributed by atoms with Crippen LogP contribution in [0.25, 0.3) is 0 Å². The van der Waals surface area contributed by atoms with E-state index < -0.39 is 0 Å². The average Bonchev–Trinajstić information content (AvgIpc) is 2.67. The van der Waals surface area contributed by atoms with Crippen molar-refractivity contribution < 1.29 is 4.42 Å². The van der Waals surface area contributed by atoms with E-state index in [-0.39, 0.29) is 0 Å². The molecule has 1 aromatic heterocycles. The third kappa shape index (κ3) is 2.80. The van der Waals surface area contributed by atoms with E-state index in [0.717, 1.165) is 31.9 Å². The largest absolute Gasteiger partial charge is 0.424 e. The van der Waals surface area contributed by atoms with Gasteiger partial charge in [-0.25, -0.2) is 0 Å². The van der Waals surface area contributed by atoms with E-state index in [1.807, 2.05) is 6.92 Å². The molecule has 5 heteroatoms. The molecule has 0 amide bonds. The van der Waals surface area contributed by atoms with Gasteiger partial charge in [0.05, 0.1) is 6.54 Å². The number of aromatic nitrogens is 2. The van der Waals surface area contributed by atoms with Crippen molar-refractivity contribution in [3.63, 3.8) is 0 Å². The summed E-state index contributed by atoms with van der Waals surface area (Å²) in [6, 6.07) is 0.589. The Bertz CT molecular complexity index is 324. The number of rotatable bonds is 4. The Morgan fingerprint density at radius 2 is 2.31 bits per heavy atom. The van der Waals surface area contributed by atoms with Gasteiger partial charge in [-0.05, 0) is 32.4 Å². The van der Waals surface area contributed by atoms with Crippen molar-refractivity contribution >= 4 is 0 Å². The minimum atomic E-state index is 0.589. The zero-order valence-electron chi connectivity index (χ0n) is 9.85. The molecule has 0 aromatic carbocycles. The predicted octanol–water partition coefficient (Wildman–Crippen LogP) is 1.08. The Balaban J connectivity index is 1.95. The first-order valence-electron chi connectivity index (χ1n) is 6.02. The van der Waals surface area contributed by atoms with Crippen LogP contribution in [0.5, 0.6) is 0 Å². The number of hydrogen-bond acceptors (Lipinski definition) is 5. The van der Waals surface area contributed by atoms with Crippen molar-refractivity contribution in [1.82, 2.24) is 15.1 Å². The van der Waals surface area contributed by atoms with Gasteiger partial charge in [-0.3, -0.25) is 4.90 Å². The molecule has 16 heavy (non-hydrogen) atoms. The fourth-order valence-electron chi connectivity index (χ4n) is 2.36. The molecule has 0 saturated carbocycles. The summed E-state index contributed by atoms with van der Waals surface area (Å²) < 4.78 is 5.42. The number of likely N-dealkylation sites (tertiary alicyclic amines) is 1. The van der Waals surface area contributed by atoms with Crippen molar-refractivity contribution in [2.45, 2.75) is 45.2 Å². The van der Waals surface area contributed by atoms with E-state index in [4.69, 9.17) is 10.2 Å². The average molecular weight is 224 g/mol. The number of piperidine rings is 1. The van der Waals surface area contributed by atoms with Gasteiger partial charge in [0.2, 0.25) is 11.8 Å². The predicted molar refractivity (Wildman–Crippen MR) is 60.8 cm³/mol. The molecule has 1 atom stereocenters. The van der Waals surface area contributed by atoms with E-state index in [0.29, 0.717) is 11.9 Å². The first-order valence-corrected chi connectivity index (χ1v) is 6.02. The fraction of sp³-hybridized carbons (Fsp3) is 0.818. The molecule has 0 radical (unpaired) electrons. The fourth-order valence-corrected chi connectivity index (χ4v) is 2.36. The molecule has 2 rings (SSSR count). The van der Waals surface area contributed by atoms with Crippen molar-refractivity contribution in [2.75, 3.05) is 13.1 Å². The van der Waals surface area contributed by atoms with E-state index in [9.17, 15) is 0 Å². The molecule has 1 aromatic rings. The van der Waals surface area contributed by atoms with Crippen molar-refractivity contribution in [3.8, 4) is 0 Å². The lowest BCUT2D eigenvalue weighted by Gasteiger charge is -2.34. The van der Waals surface area contributed by atoms with Crippen LogP contribution in [0.15, 0.2) is 4.42 Å². The molecule has 90 valence electrons. The molecule has 0 aliphatic carbocycles. The Labute approximate surface area is 96.0 Å². The molecule has 1 unspecified atom stereocenters. The van der Waals surface area contributed by atoms with Gasteiger partial charge in [-0.1, -0.05) is 6.42 Å². The highest BCUT2D eigenvalue weighted by Gasteiger charge is 2.23. The van der Waals surface area contributed by atoms with Gasteiger partial charge in [0.15, 0.2) is 0 Å². The maximum atomic E-state index is 5.64. The third-order valence-corrected chi connectivity index (χ3v) is 3.16. The van der Waals surface area contributed by atoms with E-state index in [1.54, 1.807) is 0 Å². The molecule has 2 heterocycles. The van der Waals surface area contributed by atoms with Gasteiger partial charge in [0.25, 0.3) is 0 Å². The summed E-state index contributed by atoms with van der Waals surface area (Å²) in [4.78, 5) is 2.42. The van der Waals surface area contributed by atoms with Crippen LogP contribution in [0.4, 0.5) is 0 Å². The molecule has 0 bridgehead atoms. The lowest BCUT2D eigenvalue weighted by Crippen LogP contribution is -2.40. The Morgan fingerprint density at radius 3 is 3.00 bits per heavy atom. The van der Waals surface area contributed by atoms with E-state index >= 15 is 0 Å². The summed E-state index contributed by atoms with van der Waals surface area (Å²) in [6.07, 6.45) is 4.87. The Hall–Kier alpha value is -0.940. The minimum absolute atomic E-state index is 0.589. The topological polar surface area (TPSA) is 68.2 Å². The molecule has 1 saturated heterocycles. The lowest BCUT2D eigenvalue weighted by molar-refractivity contribution is 0.121. The first-order chi connectivity index (χ1) is 7.79. The molecular weight excluding hydrogens is 204 g/mol. The molecule has 5 nitrogen and oxygen atoms in total. The summed E-state index contributed by atoms with van der Waals surface area (Å²) >= 11 is 0. The smallest absolute Gasteiger partial charge is 0.230 e. The van der Waals surface area contributed by atoms with Crippen LogP contribution in [0.3, 0.4) is 0 Å². The highest BCUT2D eigenvalue weighted by Crippen LogP contribution is 2.21. The summed E-state index contributed by atoms with van der Waals surface area (Å²) in [5, 5.41) is 7.90. The first kappa shape index (κ1) is 11.5. The maximum absolute atomic E-state index is 5.64. The summed E-state index contributed by atoms with van der Waals surface area (Å²) in [7, 11) is 0. The summed E-state index contributed by atoms with van der Waals surface area (Å²) in [6.45, 7) is 4.46. The summed E-state index contributed by atoms with van der Waals surface area (Å²) in [5.41, 5.74) is 5.64. The van der Waals surface area contributed by atoms with Gasteiger partial charge in [-0.15, -0.1) is 10.2 Å². The second-order valence-electron chi connectivity index (χ2n) is 4.41. The SMILES string of the molecule is Cc1nnc(CN2CCCCC2CCN)o1. The zero-order chi connectivity index (χ0) is 11.4.